The molecule has 5 nitrogen and oxygen atoms in total. The number of nitrogens with one attached hydrogen (secondary N) is 1. The molecule has 0 saturated carbocycles. The highest BCUT2D eigenvalue weighted by Crippen LogP contribution is 2.03. The molecule has 0 saturated heterocycles. The summed E-state index contributed by atoms with van der Waals surface area (Å²) in [5.74, 6) is -0.245. The predicted octanol–water partition coefficient (Wildman–Crippen LogP) is 1.10. The molecule has 0 bridgehead atoms. The van der Waals surface area contributed by atoms with Crippen LogP contribution in [0.15, 0.2) is 0 Å². The summed E-state index contributed by atoms with van der Waals surface area (Å²) in [6.07, 6.45) is 0.311. The Labute approximate surface area is 115 Å². The Morgan fingerprint density at radius 1 is 1.28 bits per heavy atom. The Bertz CT molecular complexity index is 260. The molecule has 108 valence electrons. The molecular weight excluding hydrogens is 256 g/mol. The molecule has 0 aliphatic carbocycles. The summed E-state index contributed by atoms with van der Waals surface area (Å²) < 4.78 is 4.83. The van der Waals surface area contributed by atoms with Crippen molar-refractivity contribution in [2.75, 3.05) is 13.2 Å². The van der Waals surface area contributed by atoms with Gasteiger partial charge in [0.05, 0.1) is 12.6 Å². The Morgan fingerprint density at radius 3 is 2.28 bits per heavy atom. The summed E-state index contributed by atoms with van der Waals surface area (Å²) in [5, 5.41) is 2.74. The van der Waals surface area contributed by atoms with Crippen LogP contribution in [-0.4, -0.2) is 31.1 Å². The monoisotopic (exact) mass is 280 g/mol. The molecule has 0 rings (SSSR count). The van der Waals surface area contributed by atoms with Crippen molar-refractivity contribution in [1.82, 2.24) is 5.32 Å². The number of rotatable bonds is 7. The second-order valence-electron chi connectivity index (χ2n) is 4.63. The van der Waals surface area contributed by atoms with E-state index < -0.39 is 6.04 Å². The fourth-order valence-corrected chi connectivity index (χ4v) is 1.27. The lowest BCUT2D eigenvalue weighted by Gasteiger charge is -2.17. The number of carbonyl (C=O) groups is 2. The van der Waals surface area contributed by atoms with Gasteiger partial charge >= 0.3 is 5.97 Å². The number of ether oxygens (including phenoxy) is 1. The zero-order valence-electron chi connectivity index (χ0n) is 11.6. The number of amides is 1. The van der Waals surface area contributed by atoms with Crippen molar-refractivity contribution in [1.29, 1.82) is 0 Å². The van der Waals surface area contributed by atoms with Gasteiger partial charge in [-0.2, -0.15) is 0 Å². The van der Waals surface area contributed by atoms with Gasteiger partial charge in [0.2, 0.25) is 5.91 Å². The molecule has 0 aromatic rings. The summed E-state index contributed by atoms with van der Waals surface area (Å²) in [5.41, 5.74) is 5.69. The lowest BCUT2D eigenvalue weighted by Crippen LogP contribution is -2.45. The molecule has 0 heterocycles. The molecule has 0 aromatic heterocycles. The van der Waals surface area contributed by atoms with Crippen LogP contribution < -0.4 is 11.1 Å². The van der Waals surface area contributed by atoms with E-state index in [0.717, 1.165) is 0 Å². The van der Waals surface area contributed by atoms with Crippen LogP contribution in [0.5, 0.6) is 0 Å². The van der Waals surface area contributed by atoms with Crippen LogP contribution >= 0.6 is 12.4 Å². The molecule has 2 atom stereocenters. The molecule has 0 radical (unpaired) electrons. The molecule has 3 N–H and O–H groups in total. The van der Waals surface area contributed by atoms with Gasteiger partial charge in [-0.3, -0.25) is 9.59 Å². The van der Waals surface area contributed by atoms with E-state index in [1.165, 1.54) is 0 Å². The van der Waals surface area contributed by atoms with Crippen molar-refractivity contribution < 1.29 is 14.3 Å². The van der Waals surface area contributed by atoms with E-state index in [4.69, 9.17) is 10.5 Å². The molecule has 6 heteroatoms. The first-order valence-corrected chi connectivity index (χ1v) is 6.07. The van der Waals surface area contributed by atoms with E-state index in [9.17, 15) is 9.59 Å². The Kier molecular flexibility index (Phi) is 11.0. The Morgan fingerprint density at radius 2 is 1.83 bits per heavy atom. The topological polar surface area (TPSA) is 81.4 Å². The molecular formula is C12H25ClN2O3. The molecule has 18 heavy (non-hydrogen) atoms. The van der Waals surface area contributed by atoms with Gasteiger partial charge in [-0.1, -0.05) is 20.8 Å². The van der Waals surface area contributed by atoms with Crippen LogP contribution in [0.1, 0.15) is 34.1 Å². The van der Waals surface area contributed by atoms with Gasteiger partial charge in [0.25, 0.3) is 0 Å². The second-order valence-corrected chi connectivity index (χ2v) is 4.63. The first kappa shape index (κ1) is 19.5. The van der Waals surface area contributed by atoms with Crippen molar-refractivity contribution >= 4 is 24.3 Å². The predicted molar refractivity (Wildman–Crippen MR) is 73.5 cm³/mol. The van der Waals surface area contributed by atoms with Crippen molar-refractivity contribution in [2.24, 2.45) is 17.6 Å². The summed E-state index contributed by atoms with van der Waals surface area (Å²) in [4.78, 5) is 22.7. The van der Waals surface area contributed by atoms with Crippen LogP contribution in [0.3, 0.4) is 0 Å². The molecule has 1 unspecified atom stereocenters. The van der Waals surface area contributed by atoms with Gasteiger partial charge in [0.1, 0.15) is 0 Å². The third-order valence-corrected chi connectivity index (χ3v) is 2.47. The van der Waals surface area contributed by atoms with Crippen LogP contribution in [0.4, 0.5) is 0 Å². The minimum atomic E-state index is -0.496. The maximum Gasteiger partial charge on any atom is 0.306 e. The molecule has 0 fully saturated rings. The minimum Gasteiger partial charge on any atom is -0.466 e. The van der Waals surface area contributed by atoms with Gasteiger partial charge in [0.15, 0.2) is 0 Å². The highest BCUT2D eigenvalue weighted by atomic mass is 35.5. The first-order chi connectivity index (χ1) is 7.88. The lowest BCUT2D eigenvalue weighted by atomic mass is 10.0. The number of hydrogen-bond acceptors (Lipinski definition) is 4. The average Bonchev–Trinajstić information content (AvgIpc) is 2.24. The molecule has 0 aromatic carbocycles. The normalized spacial score (nSPS) is 13.4. The molecule has 0 aliphatic heterocycles. The van der Waals surface area contributed by atoms with Gasteiger partial charge in [-0.25, -0.2) is 0 Å². The van der Waals surface area contributed by atoms with Crippen molar-refractivity contribution in [2.45, 2.75) is 40.2 Å². The smallest absolute Gasteiger partial charge is 0.306 e. The molecule has 0 aliphatic rings. The van der Waals surface area contributed by atoms with E-state index in [2.05, 4.69) is 5.32 Å². The third-order valence-electron chi connectivity index (χ3n) is 2.47. The number of halogens is 1. The van der Waals surface area contributed by atoms with Gasteiger partial charge < -0.3 is 15.8 Å². The summed E-state index contributed by atoms with van der Waals surface area (Å²) in [6.45, 7) is 8.27. The second kappa shape index (κ2) is 10.1. The van der Waals surface area contributed by atoms with Crippen LogP contribution in [0, 0.1) is 11.8 Å². The minimum absolute atomic E-state index is 0. The molecule has 0 spiro atoms. The number of carbonyl (C=O) groups excluding carboxylic acids is 2. The van der Waals surface area contributed by atoms with Gasteiger partial charge in [-0.05, 0) is 18.8 Å². The van der Waals surface area contributed by atoms with Crippen LogP contribution in [0.25, 0.3) is 0 Å². The van der Waals surface area contributed by atoms with E-state index in [0.29, 0.717) is 19.6 Å². The quantitative estimate of drug-likeness (QED) is 0.684. The van der Waals surface area contributed by atoms with E-state index in [1.807, 2.05) is 20.8 Å². The Balaban J connectivity index is 0. The fourth-order valence-electron chi connectivity index (χ4n) is 1.27. The van der Waals surface area contributed by atoms with Crippen LogP contribution in [-0.2, 0) is 14.3 Å². The average molecular weight is 281 g/mol. The van der Waals surface area contributed by atoms with E-state index >= 15 is 0 Å². The zero-order valence-corrected chi connectivity index (χ0v) is 12.4. The zero-order chi connectivity index (χ0) is 13.4. The van der Waals surface area contributed by atoms with Gasteiger partial charge in [0, 0.05) is 13.0 Å². The first-order valence-electron chi connectivity index (χ1n) is 6.07. The maximum absolute atomic E-state index is 11.5. The van der Waals surface area contributed by atoms with Crippen molar-refractivity contribution in [3.63, 3.8) is 0 Å². The van der Waals surface area contributed by atoms with Crippen LogP contribution in [0.2, 0.25) is 0 Å². The highest BCUT2D eigenvalue weighted by Gasteiger charge is 2.18. The number of nitrogens with two attached hydrogens (primary N) is 1. The maximum atomic E-state index is 11.5. The standard InChI is InChI=1S/C12H24N2O3.ClH/c1-5-17-10(15)6-9(4)7-14-12(16)11(13)8(2)3;/h8-9,11H,5-7,13H2,1-4H3,(H,14,16);1H/t9?,11-;/m0./s1. The van der Waals surface area contributed by atoms with Crippen molar-refractivity contribution in [3.05, 3.63) is 0 Å². The summed E-state index contributed by atoms with van der Waals surface area (Å²) in [7, 11) is 0. The summed E-state index contributed by atoms with van der Waals surface area (Å²) >= 11 is 0. The third kappa shape index (κ3) is 8.31. The Hall–Kier alpha value is -0.810. The summed E-state index contributed by atoms with van der Waals surface area (Å²) in [6, 6.07) is -0.496. The van der Waals surface area contributed by atoms with E-state index in [1.54, 1.807) is 6.92 Å². The number of hydrogen-bond donors (Lipinski definition) is 2. The number of esters is 1. The van der Waals surface area contributed by atoms with E-state index in [-0.39, 0.29) is 36.1 Å². The fraction of sp³-hybridized carbons (Fsp3) is 0.833. The van der Waals surface area contributed by atoms with Gasteiger partial charge in [-0.15, -0.1) is 12.4 Å². The van der Waals surface area contributed by atoms with Crippen molar-refractivity contribution in [3.8, 4) is 0 Å². The largest absolute Gasteiger partial charge is 0.466 e. The highest BCUT2D eigenvalue weighted by molar-refractivity contribution is 5.85. The lowest BCUT2D eigenvalue weighted by molar-refractivity contribution is -0.144. The molecule has 1 amide bonds. The SMILES string of the molecule is CCOC(=O)CC(C)CNC(=O)[C@@H](N)C(C)C.Cl.